The van der Waals surface area contributed by atoms with Gasteiger partial charge in [0, 0.05) is 6.42 Å². The van der Waals surface area contributed by atoms with E-state index in [2.05, 4.69) is 12.2 Å². The number of unbranched alkanes of at least 4 members (excludes halogenated alkanes) is 14. The quantitative estimate of drug-likeness (QED) is 0.0991. The molecule has 0 aliphatic carbocycles. The van der Waals surface area contributed by atoms with Crippen LogP contribution in [0.4, 0.5) is 0 Å². The summed E-state index contributed by atoms with van der Waals surface area (Å²) in [4.78, 5) is 25.0. The summed E-state index contributed by atoms with van der Waals surface area (Å²) in [6.45, 7) is 6.58. The van der Waals surface area contributed by atoms with Crippen LogP contribution < -0.4 is 5.32 Å². The van der Waals surface area contributed by atoms with Crippen molar-refractivity contribution < 1.29 is 24.5 Å². The van der Waals surface area contributed by atoms with Gasteiger partial charge in [-0.05, 0) is 27.2 Å². The maximum absolute atomic E-state index is 11.9. The Kier molecular flexibility index (Phi) is 24.7. The molecule has 0 saturated carbocycles. The van der Waals surface area contributed by atoms with Gasteiger partial charge in [0.25, 0.3) is 0 Å². The molecule has 0 aliphatic heterocycles. The minimum absolute atomic E-state index is 0. The second-order valence-corrected chi connectivity index (χ2v) is 9.28. The van der Waals surface area contributed by atoms with Gasteiger partial charge < -0.3 is 20.3 Å². The number of esters is 1. The van der Waals surface area contributed by atoms with Crippen molar-refractivity contribution in [3.8, 4) is 0 Å². The van der Waals surface area contributed by atoms with Gasteiger partial charge in [0.1, 0.15) is 19.0 Å². The Morgan fingerprint density at radius 3 is 1.50 bits per heavy atom. The molecule has 0 rings (SSSR count). The number of carbonyl (C=O) groups excluding carboxylic acids is 2. The number of hydrogen-bond acceptors (Lipinski definition) is 6. The fourth-order valence-corrected chi connectivity index (χ4v) is 4.13. The first-order valence-corrected chi connectivity index (χ1v) is 13.4. The van der Waals surface area contributed by atoms with Crippen LogP contribution in [0.5, 0.6) is 0 Å². The maximum Gasteiger partial charge on any atom is 0.326 e. The summed E-state index contributed by atoms with van der Waals surface area (Å²) < 4.78 is 5.17. The highest BCUT2D eigenvalue weighted by atomic mass is 35.5. The standard InChI is InChI=1S/C26H52N2O5.ClH/c1-5-6-7-8-9-10-11-12-13-14-15-16-17-18-19-20-25(31)27-21-26(32)33-24(4)28(22(2)29)23(3)30;/h22-24,29-30H,5-21H2,1-4H3,(H,27,31);1H. The average Bonchev–Trinajstić information content (AvgIpc) is 2.74. The lowest BCUT2D eigenvalue weighted by molar-refractivity contribution is -0.190. The normalized spacial score (nSPS) is 13.7. The van der Waals surface area contributed by atoms with Crippen LogP contribution in [-0.2, 0) is 14.3 Å². The van der Waals surface area contributed by atoms with Crippen molar-refractivity contribution in [1.29, 1.82) is 0 Å². The lowest BCUT2D eigenvalue weighted by Crippen LogP contribution is -2.48. The molecule has 0 saturated heterocycles. The Hall–Kier alpha value is -0.890. The number of hydrogen-bond donors (Lipinski definition) is 3. The van der Waals surface area contributed by atoms with E-state index in [1.165, 1.54) is 95.8 Å². The third kappa shape index (κ3) is 20.5. The van der Waals surface area contributed by atoms with Crippen LogP contribution >= 0.6 is 12.4 Å². The number of ether oxygens (including phenoxy) is 1. The summed E-state index contributed by atoms with van der Waals surface area (Å²) in [5.41, 5.74) is 0. The number of carbonyl (C=O) groups is 2. The van der Waals surface area contributed by atoms with Crippen LogP contribution in [0, 0.1) is 0 Å². The Labute approximate surface area is 214 Å². The molecule has 7 nitrogen and oxygen atoms in total. The van der Waals surface area contributed by atoms with E-state index in [0.29, 0.717) is 6.42 Å². The molecule has 0 fully saturated rings. The Bertz CT molecular complexity index is 484. The largest absolute Gasteiger partial charge is 0.445 e. The van der Waals surface area contributed by atoms with E-state index >= 15 is 0 Å². The molecule has 0 aromatic carbocycles. The molecule has 0 spiro atoms. The second kappa shape index (κ2) is 23.8. The number of amides is 1. The first-order chi connectivity index (χ1) is 15.8. The molecule has 34 heavy (non-hydrogen) atoms. The molecular weight excluding hydrogens is 456 g/mol. The maximum atomic E-state index is 11.9. The van der Waals surface area contributed by atoms with Gasteiger partial charge in [0.15, 0.2) is 6.23 Å². The molecule has 0 aliphatic rings. The Morgan fingerprint density at radius 2 is 1.12 bits per heavy atom. The van der Waals surface area contributed by atoms with Gasteiger partial charge in [0.2, 0.25) is 5.91 Å². The number of halogens is 1. The number of nitrogens with one attached hydrogen (secondary N) is 1. The molecule has 3 atom stereocenters. The van der Waals surface area contributed by atoms with E-state index < -0.39 is 24.7 Å². The monoisotopic (exact) mass is 508 g/mol. The van der Waals surface area contributed by atoms with Crippen molar-refractivity contribution in [2.45, 2.75) is 149 Å². The van der Waals surface area contributed by atoms with Crippen molar-refractivity contribution in [3.05, 3.63) is 0 Å². The van der Waals surface area contributed by atoms with Crippen LogP contribution in [0.3, 0.4) is 0 Å². The summed E-state index contributed by atoms with van der Waals surface area (Å²) in [6.07, 6.45) is 16.9. The van der Waals surface area contributed by atoms with Gasteiger partial charge in [-0.2, -0.15) is 0 Å². The minimum Gasteiger partial charge on any atom is -0.445 e. The predicted octanol–water partition coefficient (Wildman–Crippen LogP) is 5.65. The van der Waals surface area contributed by atoms with Crippen LogP contribution in [0.1, 0.15) is 130 Å². The SMILES string of the molecule is CCCCCCCCCCCCCCCCCC(=O)NCC(=O)OC(C)N(C(C)O)C(C)O.Cl. The summed E-state index contributed by atoms with van der Waals surface area (Å²) in [7, 11) is 0. The average molecular weight is 509 g/mol. The molecule has 3 N–H and O–H groups in total. The number of aliphatic hydroxyl groups is 2. The van der Waals surface area contributed by atoms with Crippen LogP contribution in [0.15, 0.2) is 0 Å². The third-order valence-corrected chi connectivity index (χ3v) is 6.02. The number of nitrogens with zero attached hydrogens (tertiary/aromatic N) is 1. The second-order valence-electron chi connectivity index (χ2n) is 9.28. The van der Waals surface area contributed by atoms with Crippen LogP contribution in [0.25, 0.3) is 0 Å². The summed E-state index contributed by atoms with van der Waals surface area (Å²) in [6, 6.07) is 0. The zero-order chi connectivity index (χ0) is 24.9. The Morgan fingerprint density at radius 1 is 0.735 bits per heavy atom. The fourth-order valence-electron chi connectivity index (χ4n) is 4.13. The fraction of sp³-hybridized carbons (Fsp3) is 0.923. The first kappa shape index (κ1) is 35.3. The predicted molar refractivity (Wildman–Crippen MR) is 141 cm³/mol. The molecule has 0 aromatic heterocycles. The number of rotatable bonds is 22. The molecule has 0 bridgehead atoms. The lowest BCUT2D eigenvalue weighted by Gasteiger charge is -2.33. The van der Waals surface area contributed by atoms with Gasteiger partial charge in [0.05, 0.1) is 0 Å². The van der Waals surface area contributed by atoms with Crippen LogP contribution in [0.2, 0.25) is 0 Å². The van der Waals surface area contributed by atoms with Gasteiger partial charge in [-0.1, -0.05) is 96.8 Å². The highest BCUT2D eigenvalue weighted by Crippen LogP contribution is 2.14. The Balaban J connectivity index is 0. The molecular formula is C26H53ClN2O5. The van der Waals surface area contributed by atoms with E-state index in [1.807, 2.05) is 0 Å². The topological polar surface area (TPSA) is 99.1 Å². The van der Waals surface area contributed by atoms with Crippen molar-refractivity contribution >= 4 is 24.3 Å². The van der Waals surface area contributed by atoms with Gasteiger partial charge >= 0.3 is 5.97 Å². The number of aliphatic hydroxyl groups excluding tert-OH is 2. The summed E-state index contributed by atoms with van der Waals surface area (Å²) in [5.74, 6) is -0.754. The van der Waals surface area contributed by atoms with E-state index in [0.717, 1.165) is 19.3 Å². The zero-order valence-electron chi connectivity index (χ0n) is 22.2. The van der Waals surface area contributed by atoms with E-state index in [1.54, 1.807) is 6.92 Å². The molecule has 3 unspecified atom stereocenters. The van der Waals surface area contributed by atoms with Crippen molar-refractivity contribution in [3.63, 3.8) is 0 Å². The van der Waals surface area contributed by atoms with E-state index in [9.17, 15) is 19.8 Å². The highest BCUT2D eigenvalue weighted by Gasteiger charge is 2.25. The van der Waals surface area contributed by atoms with E-state index in [-0.39, 0.29) is 24.9 Å². The molecule has 0 aromatic rings. The summed E-state index contributed by atoms with van der Waals surface area (Å²) in [5, 5.41) is 21.9. The lowest BCUT2D eigenvalue weighted by atomic mass is 10.0. The van der Waals surface area contributed by atoms with E-state index in [4.69, 9.17) is 4.74 Å². The zero-order valence-corrected chi connectivity index (χ0v) is 23.0. The molecule has 0 heterocycles. The molecule has 1 amide bonds. The van der Waals surface area contributed by atoms with Crippen molar-refractivity contribution in [2.24, 2.45) is 0 Å². The van der Waals surface area contributed by atoms with Crippen molar-refractivity contribution in [2.75, 3.05) is 6.54 Å². The molecule has 8 heteroatoms. The molecule has 0 radical (unpaired) electrons. The smallest absolute Gasteiger partial charge is 0.326 e. The first-order valence-electron chi connectivity index (χ1n) is 13.4. The minimum atomic E-state index is -0.965. The van der Waals surface area contributed by atoms with Crippen molar-refractivity contribution in [1.82, 2.24) is 10.2 Å². The van der Waals surface area contributed by atoms with Gasteiger partial charge in [-0.15, -0.1) is 12.4 Å². The molecule has 204 valence electrons. The van der Waals surface area contributed by atoms with Crippen LogP contribution in [-0.4, -0.2) is 52.2 Å². The van der Waals surface area contributed by atoms with Gasteiger partial charge in [-0.25, -0.2) is 4.90 Å². The van der Waals surface area contributed by atoms with Gasteiger partial charge in [-0.3, -0.25) is 9.59 Å². The highest BCUT2D eigenvalue weighted by molar-refractivity contribution is 5.85. The summed E-state index contributed by atoms with van der Waals surface area (Å²) >= 11 is 0. The third-order valence-electron chi connectivity index (χ3n) is 6.02.